The van der Waals surface area contributed by atoms with Gasteiger partial charge in [0.2, 0.25) is 5.91 Å². The van der Waals surface area contributed by atoms with Gasteiger partial charge >= 0.3 is 0 Å². The maximum atomic E-state index is 11.9. The van der Waals surface area contributed by atoms with Gasteiger partial charge in [0, 0.05) is 11.9 Å². The Labute approximate surface area is 132 Å². The van der Waals surface area contributed by atoms with E-state index in [1.807, 2.05) is 19.1 Å². The van der Waals surface area contributed by atoms with E-state index in [9.17, 15) is 4.79 Å². The normalized spacial score (nSPS) is 10.2. The van der Waals surface area contributed by atoms with Gasteiger partial charge in [-0.05, 0) is 36.8 Å². The first-order chi connectivity index (χ1) is 10.1. The van der Waals surface area contributed by atoms with Gasteiger partial charge in [0.05, 0.1) is 22.9 Å². The van der Waals surface area contributed by atoms with Gasteiger partial charge in [-0.2, -0.15) is 0 Å². The molecule has 0 saturated carbocycles. The van der Waals surface area contributed by atoms with Crippen LogP contribution < -0.4 is 10.1 Å². The number of rotatable bonds is 5. The van der Waals surface area contributed by atoms with Crippen molar-refractivity contribution >= 4 is 35.0 Å². The van der Waals surface area contributed by atoms with Gasteiger partial charge < -0.3 is 10.1 Å². The van der Waals surface area contributed by atoms with Crippen molar-refractivity contribution in [2.45, 2.75) is 11.9 Å². The molecule has 0 bridgehead atoms. The summed E-state index contributed by atoms with van der Waals surface area (Å²) in [5.74, 6) is 0.760. The molecule has 0 saturated heterocycles. The molecule has 2 aromatic rings. The Morgan fingerprint density at radius 3 is 2.81 bits per heavy atom. The number of thioether (sulfide) groups is 1. The van der Waals surface area contributed by atoms with Crippen molar-refractivity contribution < 1.29 is 9.53 Å². The van der Waals surface area contributed by atoms with Gasteiger partial charge in [0.25, 0.3) is 0 Å². The fourth-order valence-corrected chi connectivity index (χ4v) is 2.52. The Morgan fingerprint density at radius 1 is 1.38 bits per heavy atom. The molecule has 0 aliphatic carbocycles. The number of anilines is 1. The van der Waals surface area contributed by atoms with Crippen LogP contribution in [0.15, 0.2) is 41.6 Å². The Morgan fingerprint density at radius 2 is 2.19 bits per heavy atom. The molecule has 110 valence electrons. The maximum absolute atomic E-state index is 11.9. The van der Waals surface area contributed by atoms with E-state index < -0.39 is 0 Å². The highest BCUT2D eigenvalue weighted by molar-refractivity contribution is 7.99. The molecule has 0 spiro atoms. The number of carbonyl (C=O) groups excluding carboxylic acids is 1. The predicted octanol–water partition coefficient (Wildman–Crippen LogP) is 3.78. The van der Waals surface area contributed by atoms with Gasteiger partial charge in [-0.25, -0.2) is 4.98 Å². The minimum absolute atomic E-state index is 0.108. The quantitative estimate of drug-likeness (QED) is 0.851. The van der Waals surface area contributed by atoms with E-state index in [-0.39, 0.29) is 5.91 Å². The molecule has 1 aromatic heterocycles. The number of nitrogens with one attached hydrogen (secondary N) is 1. The second-order valence-corrected chi connectivity index (χ2v) is 5.76. The Hall–Kier alpha value is -1.72. The summed E-state index contributed by atoms with van der Waals surface area (Å²) in [6.07, 6.45) is 1.78. The standard InChI is InChI=1S/C15H15ClN2O2S/c1-10-3-6-15(17-8-10)21-9-14(19)18-11-4-5-13(20-2)12(16)7-11/h3-8H,9H2,1-2H3,(H,18,19). The molecule has 0 radical (unpaired) electrons. The minimum atomic E-state index is -0.108. The maximum Gasteiger partial charge on any atom is 0.234 e. The topological polar surface area (TPSA) is 51.2 Å². The molecule has 0 aliphatic rings. The van der Waals surface area contributed by atoms with Crippen LogP contribution in [0, 0.1) is 6.92 Å². The summed E-state index contributed by atoms with van der Waals surface area (Å²) < 4.78 is 5.06. The fourth-order valence-electron chi connectivity index (χ4n) is 1.62. The molecular formula is C15H15ClN2O2S. The summed E-state index contributed by atoms with van der Waals surface area (Å²) in [5.41, 5.74) is 1.74. The SMILES string of the molecule is COc1ccc(NC(=O)CSc2ccc(C)cn2)cc1Cl. The minimum Gasteiger partial charge on any atom is -0.495 e. The summed E-state index contributed by atoms with van der Waals surface area (Å²) in [4.78, 5) is 16.1. The molecule has 1 heterocycles. The monoisotopic (exact) mass is 322 g/mol. The van der Waals surface area contributed by atoms with Crippen LogP contribution >= 0.6 is 23.4 Å². The third-order valence-electron chi connectivity index (χ3n) is 2.67. The van der Waals surface area contributed by atoms with Crippen LogP contribution in [0.2, 0.25) is 5.02 Å². The first kappa shape index (κ1) is 15.7. The molecular weight excluding hydrogens is 308 g/mol. The number of benzene rings is 1. The zero-order valence-corrected chi connectivity index (χ0v) is 13.3. The van der Waals surface area contributed by atoms with Crippen LogP contribution in [0.25, 0.3) is 0 Å². The number of aryl methyl sites for hydroxylation is 1. The average molecular weight is 323 g/mol. The fraction of sp³-hybridized carbons (Fsp3) is 0.200. The highest BCUT2D eigenvalue weighted by atomic mass is 35.5. The lowest BCUT2D eigenvalue weighted by atomic mass is 10.3. The molecule has 0 aliphatic heterocycles. The van der Waals surface area contributed by atoms with Crippen LogP contribution in [0.5, 0.6) is 5.75 Å². The van der Waals surface area contributed by atoms with Crippen molar-refractivity contribution in [2.24, 2.45) is 0 Å². The molecule has 1 N–H and O–H groups in total. The van der Waals surface area contributed by atoms with E-state index in [1.165, 1.54) is 11.8 Å². The van der Waals surface area contributed by atoms with Gasteiger partial charge in [0.15, 0.2) is 0 Å². The smallest absolute Gasteiger partial charge is 0.234 e. The Bertz CT molecular complexity index is 632. The van der Waals surface area contributed by atoms with Crippen molar-refractivity contribution in [1.82, 2.24) is 4.98 Å². The predicted molar refractivity (Wildman–Crippen MR) is 86.3 cm³/mol. The zero-order valence-electron chi connectivity index (χ0n) is 11.7. The number of halogens is 1. The van der Waals surface area contributed by atoms with Crippen LogP contribution in [0.3, 0.4) is 0 Å². The lowest BCUT2D eigenvalue weighted by molar-refractivity contribution is -0.113. The lowest BCUT2D eigenvalue weighted by Gasteiger charge is -2.08. The van der Waals surface area contributed by atoms with Crippen LogP contribution in [-0.2, 0) is 4.79 Å². The van der Waals surface area contributed by atoms with Crippen molar-refractivity contribution in [3.63, 3.8) is 0 Å². The summed E-state index contributed by atoms with van der Waals surface area (Å²) in [5, 5.41) is 4.07. The molecule has 1 aromatic carbocycles. The zero-order chi connectivity index (χ0) is 15.2. The van der Waals surface area contributed by atoms with Crippen molar-refractivity contribution in [3.05, 3.63) is 47.1 Å². The number of hydrogen-bond acceptors (Lipinski definition) is 4. The average Bonchev–Trinajstić information content (AvgIpc) is 2.47. The number of hydrogen-bond donors (Lipinski definition) is 1. The summed E-state index contributed by atoms with van der Waals surface area (Å²) in [7, 11) is 1.55. The van der Waals surface area contributed by atoms with E-state index in [0.717, 1.165) is 10.6 Å². The second kappa shape index (κ2) is 7.33. The van der Waals surface area contributed by atoms with E-state index >= 15 is 0 Å². The first-order valence-electron chi connectivity index (χ1n) is 6.27. The van der Waals surface area contributed by atoms with E-state index in [1.54, 1.807) is 31.5 Å². The summed E-state index contributed by atoms with van der Waals surface area (Å²) >= 11 is 7.40. The highest BCUT2D eigenvalue weighted by Crippen LogP contribution is 2.27. The van der Waals surface area contributed by atoms with Crippen molar-refractivity contribution in [1.29, 1.82) is 0 Å². The van der Waals surface area contributed by atoms with Crippen LogP contribution in [0.1, 0.15) is 5.56 Å². The second-order valence-electron chi connectivity index (χ2n) is 4.36. The molecule has 4 nitrogen and oxygen atoms in total. The summed E-state index contributed by atoms with van der Waals surface area (Å²) in [6, 6.07) is 8.99. The number of methoxy groups -OCH3 is 1. The number of amides is 1. The number of carbonyl (C=O) groups is 1. The van der Waals surface area contributed by atoms with Gasteiger partial charge in [-0.1, -0.05) is 29.4 Å². The molecule has 0 atom stereocenters. The van der Waals surface area contributed by atoms with E-state index in [4.69, 9.17) is 16.3 Å². The van der Waals surface area contributed by atoms with E-state index in [2.05, 4.69) is 10.3 Å². The Kier molecular flexibility index (Phi) is 5.47. The van der Waals surface area contributed by atoms with Gasteiger partial charge in [-0.15, -0.1) is 0 Å². The summed E-state index contributed by atoms with van der Waals surface area (Å²) in [6.45, 7) is 1.97. The Balaban J connectivity index is 1.89. The third kappa shape index (κ3) is 4.65. The third-order valence-corrected chi connectivity index (χ3v) is 3.91. The first-order valence-corrected chi connectivity index (χ1v) is 7.63. The lowest BCUT2D eigenvalue weighted by Crippen LogP contribution is -2.14. The van der Waals surface area contributed by atoms with Crippen molar-refractivity contribution in [2.75, 3.05) is 18.2 Å². The molecule has 0 fully saturated rings. The molecule has 0 unspecified atom stereocenters. The number of aromatic nitrogens is 1. The molecule has 21 heavy (non-hydrogen) atoms. The molecule has 6 heteroatoms. The van der Waals surface area contributed by atoms with E-state index in [0.29, 0.717) is 22.2 Å². The van der Waals surface area contributed by atoms with Crippen LogP contribution in [-0.4, -0.2) is 23.8 Å². The van der Waals surface area contributed by atoms with Gasteiger partial charge in [-0.3, -0.25) is 4.79 Å². The number of ether oxygens (including phenoxy) is 1. The molecule has 2 rings (SSSR count). The van der Waals surface area contributed by atoms with Gasteiger partial charge in [0.1, 0.15) is 5.75 Å². The number of pyridine rings is 1. The van der Waals surface area contributed by atoms with Crippen molar-refractivity contribution in [3.8, 4) is 5.75 Å². The molecule has 1 amide bonds. The van der Waals surface area contributed by atoms with Crippen LogP contribution in [0.4, 0.5) is 5.69 Å². The largest absolute Gasteiger partial charge is 0.495 e. The highest BCUT2D eigenvalue weighted by Gasteiger charge is 2.07. The number of nitrogens with zero attached hydrogens (tertiary/aromatic N) is 1.